The lowest BCUT2D eigenvalue weighted by atomic mass is 10.0. The molecule has 4 nitrogen and oxygen atoms in total. The van der Waals surface area contributed by atoms with Gasteiger partial charge in [0.2, 0.25) is 0 Å². The van der Waals surface area contributed by atoms with Gasteiger partial charge in [-0.25, -0.2) is 0 Å². The van der Waals surface area contributed by atoms with E-state index in [0.717, 1.165) is 39.0 Å². The van der Waals surface area contributed by atoms with Crippen LogP contribution in [0.25, 0.3) is 0 Å². The standard InChI is InChI=1S/C26H55NO3/c1-3-4-5-6-7-8-9-10-11-12-13-14-16-20-23-30-25-26(28)24-27-21-18-15-17-19-22-29-2/h26-28H,3-25H2,1-2H3. The maximum absolute atomic E-state index is 9.93. The SMILES string of the molecule is CCCCCCCCCCCCCCCCOCC(O)CNCCCCCCOC. The van der Waals surface area contributed by atoms with Crippen molar-refractivity contribution in [3.8, 4) is 0 Å². The molecule has 1 atom stereocenters. The van der Waals surface area contributed by atoms with Crippen molar-refractivity contribution in [2.45, 2.75) is 129 Å². The molecule has 0 bridgehead atoms. The highest BCUT2D eigenvalue weighted by atomic mass is 16.5. The molecule has 1 unspecified atom stereocenters. The van der Waals surface area contributed by atoms with E-state index in [1.165, 1.54) is 96.3 Å². The lowest BCUT2D eigenvalue weighted by Gasteiger charge is -2.12. The first-order valence-corrected chi connectivity index (χ1v) is 13.3. The van der Waals surface area contributed by atoms with Crippen molar-refractivity contribution in [1.82, 2.24) is 5.32 Å². The summed E-state index contributed by atoms with van der Waals surface area (Å²) in [5.41, 5.74) is 0. The molecule has 0 spiro atoms. The number of aliphatic hydroxyl groups is 1. The molecule has 0 aromatic carbocycles. The van der Waals surface area contributed by atoms with E-state index >= 15 is 0 Å². The Hall–Kier alpha value is -0.160. The fourth-order valence-electron chi connectivity index (χ4n) is 3.80. The van der Waals surface area contributed by atoms with Crippen LogP contribution >= 0.6 is 0 Å². The normalized spacial score (nSPS) is 12.5. The Bertz CT molecular complexity index is 302. The fraction of sp³-hybridized carbons (Fsp3) is 1.00. The zero-order chi connectivity index (χ0) is 22.0. The second kappa shape index (κ2) is 26.9. The van der Waals surface area contributed by atoms with Gasteiger partial charge >= 0.3 is 0 Å². The van der Waals surface area contributed by atoms with Crippen LogP contribution in [0.15, 0.2) is 0 Å². The zero-order valence-electron chi connectivity index (χ0n) is 20.6. The summed E-state index contributed by atoms with van der Waals surface area (Å²) in [7, 11) is 1.75. The Kier molecular flexibility index (Phi) is 26.7. The first-order chi connectivity index (χ1) is 14.8. The van der Waals surface area contributed by atoms with Gasteiger partial charge in [-0.15, -0.1) is 0 Å². The summed E-state index contributed by atoms with van der Waals surface area (Å²) < 4.78 is 10.7. The number of methoxy groups -OCH3 is 1. The zero-order valence-corrected chi connectivity index (χ0v) is 20.6. The molecule has 0 amide bonds. The summed E-state index contributed by atoms with van der Waals surface area (Å²) in [5.74, 6) is 0. The van der Waals surface area contributed by atoms with Gasteiger partial charge in [0.05, 0.1) is 12.7 Å². The summed E-state index contributed by atoms with van der Waals surface area (Å²) in [6.07, 6.45) is 23.7. The summed E-state index contributed by atoms with van der Waals surface area (Å²) in [5, 5.41) is 13.3. The number of ether oxygens (including phenoxy) is 2. The maximum atomic E-state index is 9.93. The Labute approximate surface area is 188 Å². The van der Waals surface area contributed by atoms with Crippen LogP contribution in [0.4, 0.5) is 0 Å². The van der Waals surface area contributed by atoms with Crippen molar-refractivity contribution < 1.29 is 14.6 Å². The van der Waals surface area contributed by atoms with Gasteiger partial charge < -0.3 is 19.9 Å². The smallest absolute Gasteiger partial charge is 0.0897 e. The molecule has 0 saturated carbocycles. The molecular formula is C26H55NO3. The fourth-order valence-corrected chi connectivity index (χ4v) is 3.80. The van der Waals surface area contributed by atoms with Gasteiger partial charge in [-0.2, -0.15) is 0 Å². The number of nitrogens with one attached hydrogen (secondary N) is 1. The van der Waals surface area contributed by atoms with Crippen LogP contribution < -0.4 is 5.32 Å². The molecule has 0 saturated heterocycles. The molecule has 182 valence electrons. The van der Waals surface area contributed by atoms with Crippen LogP contribution in [0, 0.1) is 0 Å². The molecule has 0 heterocycles. The molecule has 0 radical (unpaired) electrons. The molecule has 0 aliphatic rings. The minimum atomic E-state index is -0.384. The van der Waals surface area contributed by atoms with Gasteiger partial charge in [-0.05, 0) is 25.8 Å². The lowest BCUT2D eigenvalue weighted by molar-refractivity contribution is 0.0355. The Morgan fingerprint density at radius 3 is 1.63 bits per heavy atom. The Morgan fingerprint density at radius 1 is 0.633 bits per heavy atom. The number of unbranched alkanes of at least 4 members (excludes halogenated alkanes) is 16. The molecule has 0 aliphatic carbocycles. The molecule has 2 N–H and O–H groups in total. The Morgan fingerprint density at radius 2 is 1.10 bits per heavy atom. The minimum absolute atomic E-state index is 0.384. The highest BCUT2D eigenvalue weighted by Gasteiger charge is 2.03. The van der Waals surface area contributed by atoms with Crippen LogP contribution in [0.5, 0.6) is 0 Å². The topological polar surface area (TPSA) is 50.7 Å². The highest BCUT2D eigenvalue weighted by Crippen LogP contribution is 2.13. The summed E-state index contributed by atoms with van der Waals surface area (Å²) in [6, 6.07) is 0. The lowest BCUT2D eigenvalue weighted by Crippen LogP contribution is -2.31. The molecule has 0 rings (SSSR count). The van der Waals surface area contributed by atoms with E-state index in [9.17, 15) is 5.11 Å². The molecular weight excluding hydrogens is 374 g/mol. The van der Waals surface area contributed by atoms with Crippen LogP contribution in [0.1, 0.15) is 122 Å². The van der Waals surface area contributed by atoms with Gasteiger partial charge in [0, 0.05) is 26.9 Å². The maximum Gasteiger partial charge on any atom is 0.0897 e. The van der Waals surface area contributed by atoms with Crippen molar-refractivity contribution >= 4 is 0 Å². The Balaban J connectivity index is 3.11. The van der Waals surface area contributed by atoms with Crippen LogP contribution in [0.3, 0.4) is 0 Å². The average molecular weight is 430 g/mol. The van der Waals surface area contributed by atoms with Crippen molar-refractivity contribution in [2.75, 3.05) is 40.0 Å². The number of hydrogen-bond acceptors (Lipinski definition) is 4. The predicted molar refractivity (Wildman–Crippen MR) is 130 cm³/mol. The number of rotatable bonds is 26. The largest absolute Gasteiger partial charge is 0.389 e. The monoisotopic (exact) mass is 429 g/mol. The van der Waals surface area contributed by atoms with Crippen LogP contribution in [-0.2, 0) is 9.47 Å². The second-order valence-electron chi connectivity index (χ2n) is 8.94. The third-order valence-corrected chi connectivity index (χ3v) is 5.78. The molecule has 30 heavy (non-hydrogen) atoms. The molecule has 0 aliphatic heterocycles. The van der Waals surface area contributed by atoms with Gasteiger partial charge in [0.15, 0.2) is 0 Å². The van der Waals surface area contributed by atoms with E-state index in [1.54, 1.807) is 7.11 Å². The number of aliphatic hydroxyl groups excluding tert-OH is 1. The van der Waals surface area contributed by atoms with E-state index in [2.05, 4.69) is 12.2 Å². The van der Waals surface area contributed by atoms with Crippen LogP contribution in [0.2, 0.25) is 0 Å². The third kappa shape index (κ3) is 25.9. The first kappa shape index (κ1) is 29.8. The highest BCUT2D eigenvalue weighted by molar-refractivity contribution is 4.59. The van der Waals surface area contributed by atoms with Gasteiger partial charge in [-0.3, -0.25) is 0 Å². The predicted octanol–water partition coefficient (Wildman–Crippen LogP) is 6.64. The van der Waals surface area contributed by atoms with Crippen molar-refractivity contribution in [3.05, 3.63) is 0 Å². The summed E-state index contributed by atoms with van der Waals surface area (Å²) in [4.78, 5) is 0. The van der Waals surface area contributed by atoms with E-state index < -0.39 is 0 Å². The molecule has 0 aromatic rings. The van der Waals surface area contributed by atoms with Gasteiger partial charge in [0.25, 0.3) is 0 Å². The van der Waals surface area contributed by atoms with E-state index in [1.807, 2.05) is 0 Å². The van der Waals surface area contributed by atoms with Crippen molar-refractivity contribution in [3.63, 3.8) is 0 Å². The summed E-state index contributed by atoms with van der Waals surface area (Å²) in [6.45, 7) is 6.00. The first-order valence-electron chi connectivity index (χ1n) is 13.3. The average Bonchev–Trinajstić information content (AvgIpc) is 2.75. The van der Waals surface area contributed by atoms with E-state index in [-0.39, 0.29) is 6.10 Å². The molecule has 0 aromatic heterocycles. The molecule has 0 fully saturated rings. The van der Waals surface area contributed by atoms with Gasteiger partial charge in [-0.1, -0.05) is 103 Å². The quantitative estimate of drug-likeness (QED) is 0.151. The summed E-state index contributed by atoms with van der Waals surface area (Å²) >= 11 is 0. The molecule has 4 heteroatoms. The minimum Gasteiger partial charge on any atom is -0.389 e. The second-order valence-corrected chi connectivity index (χ2v) is 8.94. The van der Waals surface area contributed by atoms with Gasteiger partial charge in [0.1, 0.15) is 0 Å². The van der Waals surface area contributed by atoms with Crippen molar-refractivity contribution in [1.29, 1.82) is 0 Å². The van der Waals surface area contributed by atoms with E-state index in [4.69, 9.17) is 9.47 Å². The van der Waals surface area contributed by atoms with E-state index in [0.29, 0.717) is 13.2 Å². The number of hydrogen-bond donors (Lipinski definition) is 2. The van der Waals surface area contributed by atoms with Crippen molar-refractivity contribution in [2.24, 2.45) is 0 Å². The van der Waals surface area contributed by atoms with Crippen LogP contribution in [-0.4, -0.2) is 51.2 Å². The third-order valence-electron chi connectivity index (χ3n) is 5.78.